The minimum Gasteiger partial charge on any atom is -0.356 e. The van der Waals surface area contributed by atoms with Crippen LogP contribution in [0.2, 0.25) is 0 Å². The quantitative estimate of drug-likeness (QED) is 0.651. The molecule has 0 radical (unpaired) electrons. The van der Waals surface area contributed by atoms with Crippen LogP contribution in [0, 0.1) is 11.8 Å². The van der Waals surface area contributed by atoms with Crippen LogP contribution < -0.4 is 5.32 Å². The second-order valence-corrected chi connectivity index (χ2v) is 8.43. The highest BCUT2D eigenvalue weighted by Crippen LogP contribution is 2.31. The molecule has 142 valence electrons. The van der Waals surface area contributed by atoms with Crippen LogP contribution in [0.25, 0.3) is 0 Å². The van der Waals surface area contributed by atoms with Crippen molar-refractivity contribution in [2.75, 3.05) is 39.8 Å². The van der Waals surface area contributed by atoms with Crippen molar-refractivity contribution in [1.29, 1.82) is 0 Å². The molecule has 1 aromatic carbocycles. The molecule has 3 fully saturated rings. The molecule has 1 saturated carbocycles. The van der Waals surface area contributed by atoms with Gasteiger partial charge in [-0.05, 0) is 62.5 Å². The van der Waals surface area contributed by atoms with E-state index in [1.54, 1.807) is 0 Å². The molecule has 1 aromatic rings. The molecular formula is C22H34N4. The molecule has 1 N–H and O–H groups in total. The molecule has 26 heavy (non-hydrogen) atoms. The normalized spacial score (nSPS) is 25.7. The molecule has 4 nitrogen and oxygen atoms in total. The first kappa shape index (κ1) is 17.8. The summed E-state index contributed by atoms with van der Waals surface area (Å²) in [5.41, 5.74) is 1.48. The van der Waals surface area contributed by atoms with E-state index in [2.05, 4.69) is 50.4 Å². The highest BCUT2D eigenvalue weighted by atomic mass is 15.3. The van der Waals surface area contributed by atoms with Crippen molar-refractivity contribution in [2.45, 2.75) is 44.6 Å². The van der Waals surface area contributed by atoms with Gasteiger partial charge in [-0.1, -0.05) is 30.3 Å². The fourth-order valence-electron chi connectivity index (χ4n) is 4.66. The number of rotatable bonds is 5. The number of nitrogens with zero attached hydrogens (tertiary/aromatic N) is 3. The van der Waals surface area contributed by atoms with E-state index >= 15 is 0 Å². The summed E-state index contributed by atoms with van der Waals surface area (Å²) in [5.74, 6) is 2.73. The van der Waals surface area contributed by atoms with Crippen molar-refractivity contribution in [3.05, 3.63) is 35.9 Å². The van der Waals surface area contributed by atoms with E-state index in [1.165, 1.54) is 57.2 Å². The Morgan fingerprint density at radius 1 is 1.00 bits per heavy atom. The Labute approximate surface area is 158 Å². The monoisotopic (exact) mass is 354 g/mol. The molecule has 1 aliphatic carbocycles. The summed E-state index contributed by atoms with van der Waals surface area (Å²) < 4.78 is 0. The van der Waals surface area contributed by atoms with Gasteiger partial charge in [-0.15, -0.1) is 0 Å². The minimum absolute atomic E-state index is 0.794. The van der Waals surface area contributed by atoms with Crippen LogP contribution in [0.15, 0.2) is 35.3 Å². The van der Waals surface area contributed by atoms with E-state index in [4.69, 9.17) is 0 Å². The predicted molar refractivity (Wildman–Crippen MR) is 109 cm³/mol. The van der Waals surface area contributed by atoms with Crippen LogP contribution in [-0.4, -0.2) is 61.6 Å². The second kappa shape index (κ2) is 8.43. The second-order valence-electron chi connectivity index (χ2n) is 8.43. The third kappa shape index (κ3) is 4.59. The average Bonchev–Trinajstić information content (AvgIpc) is 3.43. The van der Waals surface area contributed by atoms with Gasteiger partial charge in [0.05, 0.1) is 0 Å². The molecule has 4 heteroatoms. The van der Waals surface area contributed by atoms with Gasteiger partial charge in [0.25, 0.3) is 0 Å². The van der Waals surface area contributed by atoms with Crippen LogP contribution in [0.5, 0.6) is 0 Å². The van der Waals surface area contributed by atoms with Crippen molar-refractivity contribution in [3.8, 4) is 0 Å². The van der Waals surface area contributed by atoms with E-state index in [1.807, 2.05) is 7.05 Å². The number of benzene rings is 1. The number of hydrogen-bond acceptors (Lipinski definition) is 2. The maximum absolute atomic E-state index is 4.57. The summed E-state index contributed by atoms with van der Waals surface area (Å²) in [4.78, 5) is 9.73. The summed E-state index contributed by atoms with van der Waals surface area (Å²) in [6, 6.07) is 11.9. The lowest BCUT2D eigenvalue weighted by Crippen LogP contribution is -2.47. The van der Waals surface area contributed by atoms with Gasteiger partial charge in [0.1, 0.15) is 0 Å². The Bertz CT molecular complexity index is 587. The maximum Gasteiger partial charge on any atom is 0.193 e. The van der Waals surface area contributed by atoms with Crippen molar-refractivity contribution >= 4 is 5.96 Å². The summed E-state index contributed by atoms with van der Waals surface area (Å²) >= 11 is 0. The number of guanidine groups is 1. The van der Waals surface area contributed by atoms with Crippen molar-refractivity contribution in [3.63, 3.8) is 0 Å². The van der Waals surface area contributed by atoms with E-state index in [9.17, 15) is 0 Å². The number of piperidine rings is 1. The van der Waals surface area contributed by atoms with Crippen LogP contribution in [0.1, 0.15) is 37.7 Å². The molecule has 1 unspecified atom stereocenters. The summed E-state index contributed by atoms with van der Waals surface area (Å²) in [7, 11) is 1.93. The van der Waals surface area contributed by atoms with Gasteiger partial charge >= 0.3 is 0 Å². The highest BCUT2D eigenvalue weighted by molar-refractivity contribution is 5.79. The zero-order valence-electron chi connectivity index (χ0n) is 16.2. The standard InChI is InChI=1S/C22H34N4/c1-23-22(24-16-20-11-14-26(17-20)21-7-8-21)25-12-9-19(10-13-25)15-18-5-3-2-4-6-18/h2-6,19-21H,7-17H2,1H3,(H,23,24). The zero-order valence-corrected chi connectivity index (χ0v) is 16.2. The molecule has 0 spiro atoms. The molecule has 2 aliphatic heterocycles. The fourth-order valence-corrected chi connectivity index (χ4v) is 4.66. The number of hydrogen-bond donors (Lipinski definition) is 1. The maximum atomic E-state index is 4.57. The molecule has 2 saturated heterocycles. The molecule has 0 aromatic heterocycles. The van der Waals surface area contributed by atoms with Crippen molar-refractivity contribution in [1.82, 2.24) is 15.1 Å². The molecule has 3 aliphatic rings. The minimum atomic E-state index is 0.794. The molecule has 1 atom stereocenters. The molecule has 4 rings (SSSR count). The van der Waals surface area contributed by atoms with Crippen molar-refractivity contribution in [2.24, 2.45) is 16.8 Å². The summed E-state index contributed by atoms with van der Waals surface area (Å²) in [5, 5.41) is 3.67. The molecular weight excluding hydrogens is 320 g/mol. The SMILES string of the molecule is CN=C(NCC1CCN(C2CC2)C1)N1CCC(Cc2ccccc2)CC1. The Hall–Kier alpha value is -1.55. The van der Waals surface area contributed by atoms with Gasteiger partial charge in [-0.3, -0.25) is 4.99 Å². The fraction of sp³-hybridized carbons (Fsp3) is 0.682. The third-order valence-electron chi connectivity index (χ3n) is 6.42. The van der Waals surface area contributed by atoms with Crippen LogP contribution in [-0.2, 0) is 6.42 Å². The van der Waals surface area contributed by atoms with Gasteiger partial charge in [-0.25, -0.2) is 0 Å². The van der Waals surface area contributed by atoms with E-state index in [0.29, 0.717) is 0 Å². The Morgan fingerprint density at radius 3 is 2.42 bits per heavy atom. The zero-order chi connectivity index (χ0) is 17.8. The summed E-state index contributed by atoms with van der Waals surface area (Å²) in [6.07, 6.45) is 7.97. The lowest BCUT2D eigenvalue weighted by molar-refractivity contribution is 0.257. The Kier molecular flexibility index (Phi) is 5.78. The van der Waals surface area contributed by atoms with E-state index in [0.717, 1.165) is 43.5 Å². The first-order chi connectivity index (χ1) is 12.8. The van der Waals surface area contributed by atoms with Crippen molar-refractivity contribution < 1.29 is 0 Å². The van der Waals surface area contributed by atoms with Gasteiger partial charge in [0, 0.05) is 39.3 Å². The first-order valence-corrected chi connectivity index (χ1v) is 10.6. The van der Waals surface area contributed by atoms with Gasteiger partial charge in [-0.2, -0.15) is 0 Å². The van der Waals surface area contributed by atoms with Gasteiger partial charge in [0.15, 0.2) is 5.96 Å². The van der Waals surface area contributed by atoms with Crippen LogP contribution >= 0.6 is 0 Å². The van der Waals surface area contributed by atoms with E-state index in [-0.39, 0.29) is 0 Å². The molecule has 2 heterocycles. The Balaban J connectivity index is 1.20. The van der Waals surface area contributed by atoms with Gasteiger partial charge < -0.3 is 15.1 Å². The average molecular weight is 355 g/mol. The molecule has 0 bridgehead atoms. The highest BCUT2D eigenvalue weighted by Gasteiger charge is 2.34. The first-order valence-electron chi connectivity index (χ1n) is 10.6. The number of aliphatic imine (C=N–C) groups is 1. The number of nitrogens with one attached hydrogen (secondary N) is 1. The van der Waals surface area contributed by atoms with Crippen LogP contribution in [0.4, 0.5) is 0 Å². The topological polar surface area (TPSA) is 30.9 Å². The Morgan fingerprint density at radius 2 is 1.73 bits per heavy atom. The van der Waals surface area contributed by atoms with Crippen LogP contribution in [0.3, 0.4) is 0 Å². The smallest absolute Gasteiger partial charge is 0.193 e. The predicted octanol–water partition coefficient (Wildman–Crippen LogP) is 3.00. The largest absolute Gasteiger partial charge is 0.356 e. The lowest BCUT2D eigenvalue weighted by atomic mass is 9.90. The third-order valence-corrected chi connectivity index (χ3v) is 6.42. The molecule has 0 amide bonds. The van der Waals surface area contributed by atoms with E-state index < -0.39 is 0 Å². The lowest BCUT2D eigenvalue weighted by Gasteiger charge is -2.34. The number of likely N-dealkylation sites (tertiary alicyclic amines) is 2. The van der Waals surface area contributed by atoms with Gasteiger partial charge in [0.2, 0.25) is 0 Å². The summed E-state index contributed by atoms with van der Waals surface area (Å²) in [6.45, 7) is 5.94.